The average molecular weight is 377 g/mol. The fourth-order valence-electron chi connectivity index (χ4n) is 3.13. The molecule has 1 saturated heterocycles. The predicted molar refractivity (Wildman–Crippen MR) is 94.5 cm³/mol. The number of para-hydroxylation sites is 1. The van der Waals surface area contributed by atoms with Crippen molar-refractivity contribution in [2.45, 2.75) is 31.7 Å². The molecule has 0 bridgehead atoms. The van der Waals surface area contributed by atoms with Crippen LogP contribution in [0.1, 0.15) is 22.5 Å². The first kappa shape index (κ1) is 19.2. The lowest BCUT2D eigenvalue weighted by atomic mass is 10.0. The van der Waals surface area contributed by atoms with Gasteiger partial charge in [-0.1, -0.05) is 18.2 Å². The van der Waals surface area contributed by atoms with Crippen LogP contribution in [-0.4, -0.2) is 52.7 Å². The highest BCUT2D eigenvalue weighted by molar-refractivity contribution is 5.97. The number of alkyl halides is 2. The van der Waals surface area contributed by atoms with Crippen LogP contribution in [0.5, 0.6) is 5.75 Å². The van der Waals surface area contributed by atoms with Gasteiger partial charge in [-0.3, -0.25) is 14.7 Å². The highest BCUT2D eigenvalue weighted by Crippen LogP contribution is 2.21. The summed E-state index contributed by atoms with van der Waals surface area (Å²) in [7, 11) is 0. The van der Waals surface area contributed by atoms with Gasteiger partial charge in [0, 0.05) is 25.8 Å². The molecule has 2 N–H and O–H groups in total. The van der Waals surface area contributed by atoms with Crippen LogP contribution < -0.4 is 10.1 Å². The number of carbonyl (C=O) groups excluding carboxylic acids is 1. The van der Waals surface area contributed by atoms with Crippen molar-refractivity contribution < 1.29 is 23.4 Å². The number of ether oxygens (including phenoxy) is 1. The molecule has 0 aliphatic carbocycles. The molecule has 1 aliphatic heterocycles. The molecule has 0 radical (unpaired) electrons. The number of nitrogens with zero attached hydrogens (tertiary/aromatic N) is 2. The van der Waals surface area contributed by atoms with Gasteiger partial charge in [0.1, 0.15) is 5.75 Å². The van der Waals surface area contributed by atoms with Crippen molar-refractivity contribution in [3.8, 4) is 5.75 Å². The van der Waals surface area contributed by atoms with E-state index in [0.29, 0.717) is 26.1 Å². The third kappa shape index (κ3) is 5.21. The zero-order valence-corrected chi connectivity index (χ0v) is 14.6. The Morgan fingerprint density at radius 2 is 2.07 bits per heavy atom. The summed E-state index contributed by atoms with van der Waals surface area (Å²) in [6.45, 7) is -1.34. The second-order valence-electron chi connectivity index (χ2n) is 6.37. The van der Waals surface area contributed by atoms with E-state index < -0.39 is 24.7 Å². The van der Waals surface area contributed by atoms with E-state index in [9.17, 15) is 18.7 Å². The number of benzene rings is 1. The number of likely N-dealkylation sites (tertiary alicyclic amines) is 1. The van der Waals surface area contributed by atoms with Gasteiger partial charge in [0.2, 0.25) is 0 Å². The van der Waals surface area contributed by atoms with E-state index in [0.717, 1.165) is 5.69 Å². The first-order valence-electron chi connectivity index (χ1n) is 8.68. The average Bonchev–Trinajstić information content (AvgIpc) is 2.65. The number of carbonyl (C=O) groups is 1. The molecular weight excluding hydrogens is 356 g/mol. The summed E-state index contributed by atoms with van der Waals surface area (Å²) in [5.41, 5.74) is 0.922. The number of hydrogen-bond acceptors (Lipinski definition) is 5. The Morgan fingerprint density at radius 1 is 1.30 bits per heavy atom. The molecule has 27 heavy (non-hydrogen) atoms. The van der Waals surface area contributed by atoms with Crippen molar-refractivity contribution in [2.75, 3.05) is 13.1 Å². The number of aromatic nitrogens is 1. The van der Waals surface area contributed by atoms with E-state index in [2.05, 4.69) is 19.9 Å². The Bertz CT molecular complexity index is 761. The molecule has 144 valence electrons. The maximum atomic E-state index is 12.5. The minimum Gasteiger partial charge on any atom is -0.434 e. The summed E-state index contributed by atoms with van der Waals surface area (Å²) in [4.78, 5) is 18.8. The van der Waals surface area contributed by atoms with Crippen LogP contribution in [0.15, 0.2) is 48.7 Å². The van der Waals surface area contributed by atoms with Gasteiger partial charge >= 0.3 is 6.61 Å². The lowest BCUT2D eigenvalue weighted by Gasteiger charge is -2.36. The lowest BCUT2D eigenvalue weighted by molar-refractivity contribution is -0.0502. The van der Waals surface area contributed by atoms with Crippen LogP contribution in [0, 0.1) is 0 Å². The highest BCUT2D eigenvalue weighted by Gasteiger charge is 2.30. The van der Waals surface area contributed by atoms with Crippen molar-refractivity contribution in [1.29, 1.82) is 0 Å². The topological polar surface area (TPSA) is 74.7 Å². The summed E-state index contributed by atoms with van der Waals surface area (Å²) < 4.78 is 29.4. The van der Waals surface area contributed by atoms with Crippen molar-refractivity contribution in [3.63, 3.8) is 0 Å². The number of aliphatic hydroxyl groups is 1. The first-order chi connectivity index (χ1) is 13.0. The second-order valence-corrected chi connectivity index (χ2v) is 6.37. The molecule has 1 aromatic heterocycles. The van der Waals surface area contributed by atoms with Gasteiger partial charge in [-0.05, 0) is 30.7 Å². The summed E-state index contributed by atoms with van der Waals surface area (Å²) in [6.07, 6.45) is 1.49. The van der Waals surface area contributed by atoms with E-state index in [-0.39, 0.29) is 11.3 Å². The summed E-state index contributed by atoms with van der Waals surface area (Å²) in [6, 6.07) is 11.0. The van der Waals surface area contributed by atoms with Gasteiger partial charge in [-0.25, -0.2) is 0 Å². The van der Waals surface area contributed by atoms with E-state index in [1.54, 1.807) is 12.3 Å². The van der Waals surface area contributed by atoms with Crippen molar-refractivity contribution >= 4 is 5.91 Å². The molecule has 1 amide bonds. The molecule has 0 spiro atoms. The molecule has 2 atom stereocenters. The van der Waals surface area contributed by atoms with Gasteiger partial charge < -0.3 is 15.2 Å². The maximum absolute atomic E-state index is 12.5. The number of amides is 1. The van der Waals surface area contributed by atoms with Crippen LogP contribution >= 0.6 is 0 Å². The maximum Gasteiger partial charge on any atom is 0.387 e. The number of nitrogens with one attached hydrogen (secondary N) is 1. The SMILES string of the molecule is O=C(N[C@@H]1CCN(Cc2ccccn2)C[C@H]1O)c1ccccc1OC(F)F. The molecule has 3 rings (SSSR count). The van der Waals surface area contributed by atoms with Crippen LogP contribution in [0.3, 0.4) is 0 Å². The molecule has 8 heteroatoms. The zero-order chi connectivity index (χ0) is 19.2. The fourth-order valence-corrected chi connectivity index (χ4v) is 3.13. The molecule has 1 fully saturated rings. The number of β-amino-alcohol motifs (C(OH)–C–C–N with tert-alkyl or cyclic N) is 1. The number of hydrogen-bond donors (Lipinski definition) is 2. The minimum absolute atomic E-state index is 0.0147. The summed E-state index contributed by atoms with van der Waals surface area (Å²) in [5, 5.41) is 13.1. The van der Waals surface area contributed by atoms with Crippen molar-refractivity contribution in [3.05, 3.63) is 59.9 Å². The van der Waals surface area contributed by atoms with Gasteiger partial charge in [0.25, 0.3) is 5.91 Å². The monoisotopic (exact) mass is 377 g/mol. The van der Waals surface area contributed by atoms with E-state index >= 15 is 0 Å². The molecule has 6 nitrogen and oxygen atoms in total. The Morgan fingerprint density at radius 3 is 2.78 bits per heavy atom. The first-order valence-corrected chi connectivity index (χ1v) is 8.68. The Balaban J connectivity index is 1.58. The van der Waals surface area contributed by atoms with Crippen LogP contribution in [-0.2, 0) is 6.54 Å². The third-order valence-electron chi connectivity index (χ3n) is 4.44. The normalized spacial score (nSPS) is 20.4. The van der Waals surface area contributed by atoms with Gasteiger partial charge in [0.15, 0.2) is 0 Å². The fraction of sp³-hybridized carbons (Fsp3) is 0.368. The van der Waals surface area contributed by atoms with Crippen LogP contribution in [0.25, 0.3) is 0 Å². The quantitative estimate of drug-likeness (QED) is 0.806. The Hall–Kier alpha value is -2.58. The molecular formula is C19H21F2N3O3. The summed E-state index contributed by atoms with van der Waals surface area (Å²) >= 11 is 0. The van der Waals surface area contributed by atoms with Gasteiger partial charge in [-0.2, -0.15) is 8.78 Å². The second kappa shape index (κ2) is 8.88. The largest absolute Gasteiger partial charge is 0.434 e. The molecule has 1 aromatic carbocycles. The molecule has 2 heterocycles. The lowest BCUT2D eigenvalue weighted by Crippen LogP contribution is -2.53. The van der Waals surface area contributed by atoms with E-state index in [4.69, 9.17) is 0 Å². The van der Waals surface area contributed by atoms with E-state index in [1.807, 2.05) is 18.2 Å². The number of pyridine rings is 1. The number of aliphatic hydroxyl groups excluding tert-OH is 1. The van der Waals surface area contributed by atoms with Crippen molar-refractivity contribution in [1.82, 2.24) is 15.2 Å². The Kier molecular flexibility index (Phi) is 6.31. The van der Waals surface area contributed by atoms with Crippen LogP contribution in [0.2, 0.25) is 0 Å². The Labute approximate surface area is 155 Å². The molecule has 0 unspecified atom stereocenters. The highest BCUT2D eigenvalue weighted by atomic mass is 19.3. The standard InChI is InChI=1S/C19H21F2N3O3/c20-19(21)27-17-7-2-1-6-14(17)18(26)23-15-8-10-24(12-16(15)25)11-13-5-3-4-9-22-13/h1-7,9,15-16,19,25H,8,10-12H2,(H,23,26)/t15-,16-/m1/s1. The number of halogens is 2. The molecule has 2 aromatic rings. The molecule has 1 aliphatic rings. The number of piperidine rings is 1. The zero-order valence-electron chi connectivity index (χ0n) is 14.6. The molecule has 0 saturated carbocycles. The smallest absolute Gasteiger partial charge is 0.387 e. The van der Waals surface area contributed by atoms with Crippen LogP contribution in [0.4, 0.5) is 8.78 Å². The van der Waals surface area contributed by atoms with Crippen molar-refractivity contribution in [2.24, 2.45) is 0 Å². The third-order valence-corrected chi connectivity index (χ3v) is 4.44. The number of rotatable bonds is 6. The summed E-state index contributed by atoms with van der Waals surface area (Å²) in [5.74, 6) is -0.736. The van der Waals surface area contributed by atoms with Gasteiger partial charge in [-0.15, -0.1) is 0 Å². The minimum atomic E-state index is -3.01. The predicted octanol–water partition coefficient (Wildman–Crippen LogP) is 2.05. The van der Waals surface area contributed by atoms with E-state index in [1.165, 1.54) is 18.2 Å². The van der Waals surface area contributed by atoms with Gasteiger partial charge in [0.05, 0.1) is 23.4 Å².